The van der Waals surface area contributed by atoms with E-state index in [-0.39, 0.29) is 5.91 Å². The van der Waals surface area contributed by atoms with Crippen molar-refractivity contribution in [1.29, 1.82) is 0 Å². The zero-order valence-corrected chi connectivity index (χ0v) is 16.1. The molecule has 0 aliphatic carbocycles. The number of rotatable bonds is 6. The van der Waals surface area contributed by atoms with Gasteiger partial charge < -0.3 is 19.9 Å². The number of nitrogens with zero attached hydrogens (tertiary/aromatic N) is 3. The Balaban J connectivity index is 1.31. The van der Waals surface area contributed by atoms with Crippen molar-refractivity contribution in [3.63, 3.8) is 0 Å². The maximum Gasteiger partial charge on any atom is 0.279 e. The number of anilines is 2. The summed E-state index contributed by atoms with van der Waals surface area (Å²) in [6, 6.07) is 18.9. The molecule has 7 nitrogen and oxygen atoms in total. The largest absolute Gasteiger partial charge is 0.455 e. The number of hydrogen-bond donors (Lipinski definition) is 2. The number of benzene rings is 2. The Morgan fingerprint density at radius 2 is 1.66 bits per heavy atom. The summed E-state index contributed by atoms with van der Waals surface area (Å²) < 4.78 is 5.92. The van der Waals surface area contributed by atoms with Crippen LogP contribution in [0.4, 0.5) is 11.6 Å². The van der Waals surface area contributed by atoms with E-state index in [0.29, 0.717) is 18.0 Å². The lowest BCUT2D eigenvalue weighted by Gasteiger charge is -2.31. The Hall–Kier alpha value is -3.45. The summed E-state index contributed by atoms with van der Waals surface area (Å²) in [4.78, 5) is 24.6. The molecule has 0 atom stereocenters. The third-order valence-corrected chi connectivity index (χ3v) is 4.85. The molecule has 0 saturated carbocycles. The number of ether oxygens (including phenoxy) is 1. The van der Waals surface area contributed by atoms with Crippen molar-refractivity contribution in [2.75, 3.05) is 42.9 Å². The van der Waals surface area contributed by atoms with Gasteiger partial charge in [-0.15, -0.1) is 0 Å². The van der Waals surface area contributed by atoms with Gasteiger partial charge in [-0.2, -0.15) is 0 Å². The fourth-order valence-electron chi connectivity index (χ4n) is 3.35. The molecule has 0 spiro atoms. The lowest BCUT2D eigenvalue weighted by molar-refractivity contribution is -0.892. The first-order valence-electron chi connectivity index (χ1n) is 9.75. The summed E-state index contributed by atoms with van der Waals surface area (Å²) in [5.41, 5.74) is 0.678. The summed E-state index contributed by atoms with van der Waals surface area (Å²) in [5.74, 6) is 2.10. The van der Waals surface area contributed by atoms with Crippen LogP contribution >= 0.6 is 0 Å². The maximum atomic E-state index is 12.6. The molecule has 2 heterocycles. The van der Waals surface area contributed by atoms with E-state index in [1.165, 1.54) is 4.90 Å². The Bertz CT molecular complexity index is 928. The van der Waals surface area contributed by atoms with Crippen LogP contribution in [-0.4, -0.2) is 48.6 Å². The first kappa shape index (κ1) is 18.9. The van der Waals surface area contributed by atoms with Gasteiger partial charge in [-0.25, -0.2) is 9.97 Å². The molecule has 148 valence electrons. The molecule has 1 aliphatic rings. The van der Waals surface area contributed by atoms with Crippen LogP contribution in [0.1, 0.15) is 0 Å². The number of quaternary nitrogens is 1. The lowest BCUT2D eigenvalue weighted by atomic mass is 10.2. The highest BCUT2D eigenvalue weighted by molar-refractivity contribution is 5.93. The van der Waals surface area contributed by atoms with Crippen LogP contribution in [0.2, 0.25) is 0 Å². The second-order valence-electron chi connectivity index (χ2n) is 6.92. The van der Waals surface area contributed by atoms with Crippen molar-refractivity contribution in [1.82, 2.24) is 9.97 Å². The van der Waals surface area contributed by atoms with Crippen LogP contribution in [-0.2, 0) is 4.79 Å². The molecule has 1 amide bonds. The van der Waals surface area contributed by atoms with Gasteiger partial charge in [-0.3, -0.25) is 4.79 Å². The molecule has 1 fully saturated rings. The van der Waals surface area contributed by atoms with Crippen molar-refractivity contribution in [3.05, 3.63) is 73.1 Å². The minimum atomic E-state index is -0.0199. The quantitative estimate of drug-likeness (QED) is 0.669. The molecular formula is C22H24N5O2+. The van der Waals surface area contributed by atoms with Gasteiger partial charge in [0.1, 0.15) is 5.75 Å². The average molecular weight is 390 g/mol. The number of nitrogens with one attached hydrogen (secondary N) is 2. The monoisotopic (exact) mass is 390 g/mol. The maximum absolute atomic E-state index is 12.6. The molecule has 3 aromatic rings. The smallest absolute Gasteiger partial charge is 0.279 e. The third kappa shape index (κ3) is 5.08. The van der Waals surface area contributed by atoms with Gasteiger partial charge in [-0.05, 0) is 30.3 Å². The predicted octanol–water partition coefficient (Wildman–Crippen LogP) is 1.61. The van der Waals surface area contributed by atoms with Crippen LogP contribution in [0.3, 0.4) is 0 Å². The fraction of sp³-hybridized carbons (Fsp3) is 0.227. The van der Waals surface area contributed by atoms with Gasteiger partial charge in [0, 0.05) is 12.4 Å². The molecule has 7 heteroatoms. The average Bonchev–Trinajstić information content (AvgIpc) is 2.77. The Kier molecular flexibility index (Phi) is 5.97. The van der Waals surface area contributed by atoms with Crippen LogP contribution in [0.15, 0.2) is 73.1 Å². The Labute approximate surface area is 170 Å². The molecule has 0 unspecified atom stereocenters. The van der Waals surface area contributed by atoms with Gasteiger partial charge in [0.2, 0.25) is 5.95 Å². The molecule has 0 radical (unpaired) electrons. The lowest BCUT2D eigenvalue weighted by Crippen LogP contribution is -3.15. The van der Waals surface area contributed by atoms with Crippen molar-refractivity contribution >= 4 is 17.5 Å². The number of aromatic nitrogens is 2. The Morgan fingerprint density at radius 1 is 0.966 bits per heavy atom. The van der Waals surface area contributed by atoms with E-state index in [2.05, 4.69) is 20.2 Å². The zero-order valence-electron chi connectivity index (χ0n) is 16.1. The van der Waals surface area contributed by atoms with Gasteiger partial charge in [0.15, 0.2) is 12.3 Å². The molecule has 1 aromatic heterocycles. The first-order chi connectivity index (χ1) is 14.3. The van der Waals surface area contributed by atoms with Crippen LogP contribution in [0.5, 0.6) is 11.5 Å². The highest BCUT2D eigenvalue weighted by atomic mass is 16.5. The topological polar surface area (TPSA) is 71.8 Å². The van der Waals surface area contributed by atoms with Gasteiger partial charge >= 0.3 is 0 Å². The van der Waals surface area contributed by atoms with Gasteiger partial charge in [0.05, 0.1) is 31.9 Å². The number of carbonyl (C=O) groups excluding carboxylic acids is 1. The Morgan fingerprint density at radius 3 is 2.41 bits per heavy atom. The normalized spacial score (nSPS) is 14.4. The summed E-state index contributed by atoms with van der Waals surface area (Å²) in [5, 5.41) is 3.00. The molecule has 2 aromatic carbocycles. The van der Waals surface area contributed by atoms with Crippen molar-refractivity contribution in [2.45, 2.75) is 0 Å². The zero-order chi connectivity index (χ0) is 19.9. The number of carbonyl (C=O) groups is 1. The van der Waals surface area contributed by atoms with Crippen molar-refractivity contribution in [3.8, 4) is 11.5 Å². The van der Waals surface area contributed by atoms with Crippen molar-refractivity contribution < 1.29 is 14.4 Å². The molecule has 1 saturated heterocycles. The summed E-state index contributed by atoms with van der Waals surface area (Å²) >= 11 is 0. The highest BCUT2D eigenvalue weighted by Gasteiger charge is 2.23. The highest BCUT2D eigenvalue weighted by Crippen LogP contribution is 2.28. The minimum Gasteiger partial charge on any atom is -0.455 e. The van der Waals surface area contributed by atoms with Gasteiger partial charge in [-0.1, -0.05) is 30.3 Å². The molecule has 0 bridgehead atoms. The fourth-order valence-corrected chi connectivity index (χ4v) is 3.35. The molecular weight excluding hydrogens is 366 g/mol. The number of hydrogen-bond acceptors (Lipinski definition) is 5. The molecule has 4 rings (SSSR count). The van der Waals surface area contributed by atoms with Crippen LogP contribution in [0.25, 0.3) is 0 Å². The first-order valence-corrected chi connectivity index (χ1v) is 9.75. The summed E-state index contributed by atoms with van der Waals surface area (Å²) in [6.45, 7) is 3.82. The molecule has 29 heavy (non-hydrogen) atoms. The number of amides is 1. The second kappa shape index (κ2) is 9.16. The van der Waals surface area contributed by atoms with Crippen LogP contribution in [0, 0.1) is 0 Å². The predicted molar refractivity (Wildman–Crippen MR) is 111 cm³/mol. The van der Waals surface area contributed by atoms with E-state index in [4.69, 9.17) is 4.74 Å². The summed E-state index contributed by atoms with van der Waals surface area (Å²) in [7, 11) is 0. The molecule has 1 aliphatic heterocycles. The van der Waals surface area contributed by atoms with E-state index >= 15 is 0 Å². The van der Waals surface area contributed by atoms with Crippen molar-refractivity contribution in [2.24, 2.45) is 0 Å². The number of piperazine rings is 1. The second-order valence-corrected chi connectivity index (χ2v) is 6.92. The van der Waals surface area contributed by atoms with E-state index in [9.17, 15) is 4.79 Å². The van der Waals surface area contributed by atoms with Crippen LogP contribution < -0.4 is 19.9 Å². The van der Waals surface area contributed by atoms with E-state index in [0.717, 1.165) is 37.9 Å². The standard InChI is InChI=1S/C22H23N5O2/c28-21(17-26-13-15-27(16-14-26)22-23-11-6-12-24-22)25-19-9-4-5-10-20(19)29-18-7-2-1-3-8-18/h1-12H,13-17H2,(H,25,28)/p+1. The van der Waals surface area contributed by atoms with E-state index in [1.54, 1.807) is 12.4 Å². The third-order valence-electron chi connectivity index (χ3n) is 4.85. The van der Waals surface area contributed by atoms with Gasteiger partial charge in [0.25, 0.3) is 5.91 Å². The number of para-hydroxylation sites is 3. The SMILES string of the molecule is O=C(C[NH+]1CCN(c2ncccn2)CC1)Nc1ccccc1Oc1ccccc1. The summed E-state index contributed by atoms with van der Waals surface area (Å²) in [6.07, 6.45) is 3.51. The molecule has 2 N–H and O–H groups in total. The van der Waals surface area contributed by atoms with E-state index < -0.39 is 0 Å². The van der Waals surface area contributed by atoms with E-state index in [1.807, 2.05) is 60.7 Å². The minimum absolute atomic E-state index is 0.0199.